The molecule has 0 aromatic heterocycles. The number of nitrogens with zero attached hydrogens (tertiary/aromatic N) is 1. The van der Waals surface area contributed by atoms with Crippen molar-refractivity contribution in [1.82, 2.24) is 10.2 Å². The Hall–Kier alpha value is -2.09. The van der Waals surface area contributed by atoms with Crippen molar-refractivity contribution in [3.8, 4) is 0 Å². The van der Waals surface area contributed by atoms with Crippen molar-refractivity contribution in [2.24, 2.45) is 0 Å². The summed E-state index contributed by atoms with van der Waals surface area (Å²) in [6.07, 6.45) is -6.25. The summed E-state index contributed by atoms with van der Waals surface area (Å²) >= 11 is 0. The van der Waals surface area contributed by atoms with E-state index in [9.17, 15) is 27.9 Å². The van der Waals surface area contributed by atoms with Gasteiger partial charge in [-0.05, 0) is 25.5 Å². The van der Waals surface area contributed by atoms with E-state index in [0.29, 0.717) is 0 Å². The van der Waals surface area contributed by atoms with E-state index in [1.807, 2.05) is 0 Å². The summed E-state index contributed by atoms with van der Waals surface area (Å²) in [7, 11) is 0. The van der Waals surface area contributed by atoms with E-state index in [1.54, 1.807) is 0 Å². The number of hydrogen-bond donors (Lipinski definition) is 2. The lowest BCUT2D eigenvalue weighted by atomic mass is 10.0. The Labute approximate surface area is 124 Å². The zero-order chi connectivity index (χ0) is 16.7. The molecule has 8 heteroatoms. The molecule has 1 atom stereocenters. The van der Waals surface area contributed by atoms with Gasteiger partial charge in [-0.15, -0.1) is 0 Å². The first-order chi connectivity index (χ1) is 10.0. The number of carbonyl (C=O) groups is 2. The van der Waals surface area contributed by atoms with Gasteiger partial charge in [0, 0.05) is 0 Å². The summed E-state index contributed by atoms with van der Waals surface area (Å²) < 4.78 is 38.8. The predicted molar refractivity (Wildman–Crippen MR) is 70.7 cm³/mol. The van der Waals surface area contributed by atoms with Crippen LogP contribution in [-0.2, 0) is 11.0 Å². The second-order valence-corrected chi connectivity index (χ2v) is 5.57. The van der Waals surface area contributed by atoms with Gasteiger partial charge in [0.15, 0.2) is 0 Å². The molecule has 120 valence electrons. The second kappa shape index (κ2) is 5.28. The van der Waals surface area contributed by atoms with Crippen LogP contribution < -0.4 is 5.32 Å². The van der Waals surface area contributed by atoms with E-state index in [0.717, 1.165) is 17.0 Å². The third kappa shape index (κ3) is 2.92. The monoisotopic (exact) mass is 316 g/mol. The van der Waals surface area contributed by atoms with E-state index < -0.39 is 41.9 Å². The van der Waals surface area contributed by atoms with Gasteiger partial charge in [0.2, 0.25) is 0 Å². The molecular formula is C14H15F3N2O3. The number of imide groups is 1. The maximum absolute atomic E-state index is 12.9. The number of aliphatic hydroxyl groups is 1. The minimum absolute atomic E-state index is 0.375. The van der Waals surface area contributed by atoms with Crippen LogP contribution in [0.2, 0.25) is 0 Å². The van der Waals surface area contributed by atoms with Crippen molar-refractivity contribution in [3.63, 3.8) is 0 Å². The van der Waals surface area contributed by atoms with Crippen molar-refractivity contribution in [2.45, 2.75) is 31.7 Å². The van der Waals surface area contributed by atoms with Crippen LogP contribution in [0.1, 0.15) is 31.1 Å². The number of benzene rings is 1. The van der Waals surface area contributed by atoms with E-state index >= 15 is 0 Å². The van der Waals surface area contributed by atoms with Crippen molar-refractivity contribution < 1.29 is 27.9 Å². The molecular weight excluding hydrogens is 301 g/mol. The molecule has 0 aliphatic carbocycles. The summed E-state index contributed by atoms with van der Waals surface area (Å²) in [5.41, 5.74) is -2.51. The zero-order valence-corrected chi connectivity index (χ0v) is 11.9. The van der Waals surface area contributed by atoms with E-state index in [2.05, 4.69) is 5.32 Å². The summed E-state index contributed by atoms with van der Waals surface area (Å²) in [4.78, 5) is 24.4. The average molecular weight is 316 g/mol. The molecule has 5 nitrogen and oxygen atoms in total. The molecule has 3 amide bonds. The SMILES string of the molecule is CC1(C)NC(=O)N(C[C@@H](O)c2ccccc2C(F)(F)F)C1=O. The van der Waals surface area contributed by atoms with Crippen LogP contribution in [0.3, 0.4) is 0 Å². The Morgan fingerprint density at radius 2 is 1.86 bits per heavy atom. The first-order valence-corrected chi connectivity index (χ1v) is 6.52. The van der Waals surface area contributed by atoms with E-state index in [4.69, 9.17) is 0 Å². The Kier molecular flexibility index (Phi) is 3.90. The topological polar surface area (TPSA) is 69.6 Å². The summed E-state index contributed by atoms with van der Waals surface area (Å²) in [6, 6.07) is 3.78. The molecule has 0 spiro atoms. The summed E-state index contributed by atoms with van der Waals surface area (Å²) in [5.74, 6) is -0.596. The van der Waals surface area contributed by atoms with Gasteiger partial charge in [-0.3, -0.25) is 9.69 Å². The lowest BCUT2D eigenvalue weighted by Gasteiger charge is -2.21. The zero-order valence-electron chi connectivity index (χ0n) is 11.9. The Balaban J connectivity index is 2.26. The first-order valence-electron chi connectivity index (χ1n) is 6.52. The van der Waals surface area contributed by atoms with Crippen LogP contribution in [0.5, 0.6) is 0 Å². The fourth-order valence-electron chi connectivity index (χ4n) is 2.30. The highest BCUT2D eigenvalue weighted by Crippen LogP contribution is 2.35. The van der Waals surface area contributed by atoms with E-state index in [-0.39, 0.29) is 5.56 Å². The average Bonchev–Trinajstić information content (AvgIpc) is 2.60. The van der Waals surface area contributed by atoms with Gasteiger partial charge >= 0.3 is 12.2 Å². The molecule has 0 bridgehead atoms. The standard InChI is InChI=1S/C14H15F3N2O3/c1-13(2)11(21)19(12(22)18-13)7-10(20)8-5-3-4-6-9(8)14(15,16)17/h3-6,10,20H,7H2,1-2H3,(H,18,22)/t10-/m1/s1. The third-order valence-electron chi connectivity index (χ3n) is 3.43. The van der Waals surface area contributed by atoms with Crippen LogP contribution in [0.4, 0.5) is 18.0 Å². The molecule has 1 aliphatic rings. The molecule has 1 aromatic rings. The van der Waals surface area contributed by atoms with Crippen LogP contribution >= 0.6 is 0 Å². The number of alkyl halides is 3. The number of hydrogen-bond acceptors (Lipinski definition) is 3. The summed E-state index contributed by atoms with van der Waals surface area (Å²) in [6.45, 7) is 2.41. The number of aliphatic hydroxyl groups excluding tert-OH is 1. The number of halogens is 3. The molecule has 1 aromatic carbocycles. The molecule has 2 rings (SSSR count). The van der Waals surface area contributed by atoms with Crippen molar-refractivity contribution in [3.05, 3.63) is 35.4 Å². The van der Waals surface area contributed by atoms with Crippen LogP contribution in [-0.4, -0.2) is 34.0 Å². The number of rotatable bonds is 3. The molecule has 0 radical (unpaired) electrons. The molecule has 1 saturated heterocycles. The molecule has 0 unspecified atom stereocenters. The van der Waals surface area contributed by atoms with Crippen LogP contribution in [0.15, 0.2) is 24.3 Å². The molecule has 1 aliphatic heterocycles. The molecule has 22 heavy (non-hydrogen) atoms. The van der Waals surface area contributed by atoms with Gasteiger partial charge in [0.05, 0.1) is 18.2 Å². The Morgan fingerprint density at radius 3 is 2.36 bits per heavy atom. The number of carbonyl (C=O) groups excluding carboxylic acids is 2. The van der Waals surface area contributed by atoms with Gasteiger partial charge in [0.25, 0.3) is 5.91 Å². The largest absolute Gasteiger partial charge is 0.416 e. The number of urea groups is 1. The van der Waals surface area contributed by atoms with Gasteiger partial charge < -0.3 is 10.4 Å². The third-order valence-corrected chi connectivity index (χ3v) is 3.43. The van der Waals surface area contributed by atoms with Crippen molar-refractivity contribution in [1.29, 1.82) is 0 Å². The van der Waals surface area contributed by atoms with Crippen molar-refractivity contribution in [2.75, 3.05) is 6.54 Å². The first kappa shape index (κ1) is 16.3. The smallest absolute Gasteiger partial charge is 0.387 e. The second-order valence-electron chi connectivity index (χ2n) is 5.57. The highest BCUT2D eigenvalue weighted by molar-refractivity contribution is 6.06. The van der Waals surface area contributed by atoms with Gasteiger partial charge in [-0.25, -0.2) is 4.79 Å². The van der Waals surface area contributed by atoms with E-state index in [1.165, 1.54) is 26.0 Å². The summed E-state index contributed by atoms with van der Waals surface area (Å²) in [5, 5.41) is 12.5. The predicted octanol–water partition coefficient (Wildman–Crippen LogP) is 2.07. The lowest BCUT2D eigenvalue weighted by Crippen LogP contribution is -2.40. The van der Waals surface area contributed by atoms with Gasteiger partial charge in [0.1, 0.15) is 5.54 Å². The molecule has 2 N–H and O–H groups in total. The van der Waals surface area contributed by atoms with Gasteiger partial charge in [-0.1, -0.05) is 18.2 Å². The lowest BCUT2D eigenvalue weighted by molar-refractivity contribution is -0.139. The van der Waals surface area contributed by atoms with Crippen LogP contribution in [0, 0.1) is 0 Å². The van der Waals surface area contributed by atoms with Crippen molar-refractivity contribution >= 4 is 11.9 Å². The molecule has 0 saturated carbocycles. The minimum atomic E-state index is -4.63. The Morgan fingerprint density at radius 1 is 1.27 bits per heavy atom. The maximum Gasteiger partial charge on any atom is 0.416 e. The quantitative estimate of drug-likeness (QED) is 0.839. The van der Waals surface area contributed by atoms with Gasteiger partial charge in [-0.2, -0.15) is 13.2 Å². The highest BCUT2D eigenvalue weighted by Gasteiger charge is 2.45. The van der Waals surface area contributed by atoms with Crippen LogP contribution in [0.25, 0.3) is 0 Å². The normalized spacial score (nSPS) is 19.3. The number of nitrogens with one attached hydrogen (secondary N) is 1. The molecule has 1 fully saturated rings. The minimum Gasteiger partial charge on any atom is -0.387 e. The number of amides is 3. The highest BCUT2D eigenvalue weighted by atomic mass is 19.4. The molecule has 1 heterocycles. The number of β-amino-alcohol motifs (C(OH)–C–C–N with tert-alkyl or cyclic N) is 1. The fraction of sp³-hybridized carbons (Fsp3) is 0.429. The maximum atomic E-state index is 12.9. The Bertz CT molecular complexity index is 614. The fourth-order valence-corrected chi connectivity index (χ4v) is 2.30.